The Balaban J connectivity index is 1.22. The van der Waals surface area contributed by atoms with Gasteiger partial charge in [0.05, 0.1) is 49.6 Å². The van der Waals surface area contributed by atoms with Crippen LogP contribution in [0.3, 0.4) is 0 Å². The highest BCUT2D eigenvalue weighted by molar-refractivity contribution is 8.03. The van der Waals surface area contributed by atoms with Crippen LogP contribution in [0.15, 0.2) is 53.4 Å². The lowest BCUT2D eigenvalue weighted by atomic mass is 10.1. The van der Waals surface area contributed by atoms with Gasteiger partial charge in [-0.05, 0) is 74.2 Å². The quantitative estimate of drug-likeness (QED) is 0.338. The molecule has 0 bridgehead atoms. The minimum absolute atomic E-state index is 0.649. The molecule has 0 amide bonds. The molecule has 0 aromatic heterocycles. The summed E-state index contributed by atoms with van der Waals surface area (Å²) in [6, 6.07) is 17.9. The molecule has 0 spiro atoms. The third kappa shape index (κ3) is 8.14. The maximum atomic E-state index is 8.86. The van der Waals surface area contributed by atoms with Crippen molar-refractivity contribution >= 4 is 17.5 Å². The second-order valence-electron chi connectivity index (χ2n) is 9.41. The first-order valence-electron chi connectivity index (χ1n) is 13.1. The smallest absolute Gasteiger partial charge is 0.119 e. The van der Waals surface area contributed by atoms with Gasteiger partial charge in [0.1, 0.15) is 11.5 Å². The molecule has 1 saturated heterocycles. The molecule has 2 aromatic carbocycles. The number of unbranched alkanes of at least 4 members (excludes halogenated alkanes) is 2. The van der Waals surface area contributed by atoms with Crippen molar-refractivity contribution < 1.29 is 14.2 Å². The van der Waals surface area contributed by atoms with Crippen molar-refractivity contribution in [3.8, 4) is 17.6 Å². The van der Waals surface area contributed by atoms with Gasteiger partial charge in [0.2, 0.25) is 0 Å². The van der Waals surface area contributed by atoms with Gasteiger partial charge in [0, 0.05) is 44.2 Å². The van der Waals surface area contributed by atoms with E-state index in [1.165, 1.54) is 16.2 Å². The van der Waals surface area contributed by atoms with Gasteiger partial charge in [0.15, 0.2) is 0 Å². The zero-order valence-corrected chi connectivity index (χ0v) is 22.8. The van der Waals surface area contributed by atoms with Gasteiger partial charge in [-0.2, -0.15) is 5.26 Å². The van der Waals surface area contributed by atoms with Gasteiger partial charge in [-0.1, -0.05) is 0 Å². The van der Waals surface area contributed by atoms with E-state index < -0.39 is 0 Å². The van der Waals surface area contributed by atoms with E-state index in [9.17, 15) is 0 Å². The topological polar surface area (TPSA) is 61.2 Å². The summed E-state index contributed by atoms with van der Waals surface area (Å²) in [5.41, 5.74) is 3.20. The van der Waals surface area contributed by atoms with Gasteiger partial charge in [-0.25, -0.2) is 5.01 Å². The van der Waals surface area contributed by atoms with Crippen LogP contribution >= 0.6 is 11.8 Å². The predicted octanol–water partition coefficient (Wildman–Crippen LogP) is 5.06. The van der Waals surface area contributed by atoms with Crippen molar-refractivity contribution in [2.24, 2.45) is 0 Å². The molecule has 37 heavy (non-hydrogen) atoms. The number of morpholine rings is 1. The average molecular weight is 523 g/mol. The van der Waals surface area contributed by atoms with Gasteiger partial charge in [-0.3, -0.25) is 9.91 Å². The standard InChI is InChI=1S/C29H38N4O3S/c1-31(2)33-23-37-28(14-15-32-16-20-34-21-17-32)29(33)25-8-12-27(13-9-25)36-19-5-3-4-18-35-26-10-6-24(22-30)7-11-26/h6-13H,3-5,14-21,23H2,1-2H3. The van der Waals surface area contributed by atoms with E-state index in [2.05, 4.69) is 59.3 Å². The van der Waals surface area contributed by atoms with Gasteiger partial charge >= 0.3 is 0 Å². The lowest BCUT2D eigenvalue weighted by Crippen LogP contribution is -2.37. The molecular formula is C29H38N4O3S. The lowest BCUT2D eigenvalue weighted by molar-refractivity contribution is 0.0386. The molecule has 2 heterocycles. The summed E-state index contributed by atoms with van der Waals surface area (Å²) in [7, 11) is 4.22. The monoisotopic (exact) mass is 522 g/mol. The number of hydrogen-bond donors (Lipinski definition) is 0. The maximum absolute atomic E-state index is 8.86. The molecule has 8 heteroatoms. The fourth-order valence-corrected chi connectivity index (χ4v) is 5.65. The molecule has 0 unspecified atom stereocenters. The van der Waals surface area contributed by atoms with Crippen LogP contribution in [0, 0.1) is 11.3 Å². The van der Waals surface area contributed by atoms with Crippen LogP contribution in [0.2, 0.25) is 0 Å². The Morgan fingerprint density at radius 2 is 1.54 bits per heavy atom. The Kier molecular flexibility index (Phi) is 10.6. The van der Waals surface area contributed by atoms with Gasteiger partial charge in [-0.15, -0.1) is 11.8 Å². The first-order chi connectivity index (χ1) is 18.1. The summed E-state index contributed by atoms with van der Waals surface area (Å²) in [5.74, 6) is 2.67. The van der Waals surface area contributed by atoms with Crippen LogP contribution in [0.25, 0.3) is 5.70 Å². The Bertz CT molecular complexity index is 1040. The summed E-state index contributed by atoms with van der Waals surface area (Å²) in [4.78, 5) is 3.96. The first-order valence-corrected chi connectivity index (χ1v) is 14.1. The van der Waals surface area contributed by atoms with Gasteiger partial charge in [0.25, 0.3) is 0 Å². The van der Waals surface area contributed by atoms with Gasteiger partial charge < -0.3 is 14.2 Å². The fraction of sp³-hybridized carbons (Fsp3) is 0.483. The van der Waals surface area contributed by atoms with Crippen LogP contribution in [-0.2, 0) is 4.74 Å². The van der Waals surface area contributed by atoms with E-state index in [1.807, 2.05) is 23.9 Å². The molecule has 0 saturated carbocycles. The number of hydrogen-bond acceptors (Lipinski definition) is 8. The first kappa shape index (κ1) is 27.3. The average Bonchev–Trinajstić information content (AvgIpc) is 3.37. The van der Waals surface area contributed by atoms with Crippen LogP contribution in [0.5, 0.6) is 11.5 Å². The van der Waals surface area contributed by atoms with E-state index in [-0.39, 0.29) is 0 Å². The summed E-state index contributed by atoms with van der Waals surface area (Å²) < 4.78 is 17.3. The minimum atomic E-state index is 0.649. The molecular weight excluding hydrogens is 484 g/mol. The number of nitrogens with zero attached hydrogens (tertiary/aromatic N) is 4. The molecule has 0 aliphatic carbocycles. The molecule has 7 nitrogen and oxygen atoms in total. The molecule has 2 aliphatic heterocycles. The zero-order valence-electron chi connectivity index (χ0n) is 22.0. The van der Waals surface area contributed by atoms with Crippen molar-refractivity contribution in [2.45, 2.75) is 25.7 Å². The van der Waals surface area contributed by atoms with E-state index in [4.69, 9.17) is 19.5 Å². The zero-order chi connectivity index (χ0) is 25.9. The van der Waals surface area contributed by atoms with Crippen molar-refractivity contribution in [3.05, 3.63) is 64.6 Å². The Labute approximate surface area is 225 Å². The molecule has 198 valence electrons. The highest BCUT2D eigenvalue weighted by atomic mass is 32.2. The van der Waals surface area contributed by atoms with Crippen LogP contribution in [0.1, 0.15) is 36.8 Å². The molecule has 2 aliphatic rings. The second kappa shape index (κ2) is 14.3. The molecule has 1 fully saturated rings. The highest BCUT2D eigenvalue weighted by Crippen LogP contribution is 2.40. The third-order valence-corrected chi connectivity index (χ3v) is 7.68. The van der Waals surface area contributed by atoms with E-state index in [0.29, 0.717) is 18.8 Å². The van der Waals surface area contributed by atoms with Crippen molar-refractivity contribution in [1.29, 1.82) is 5.26 Å². The van der Waals surface area contributed by atoms with E-state index in [0.717, 1.165) is 75.9 Å². The molecule has 2 aromatic rings. The molecule has 0 N–H and O–H groups in total. The summed E-state index contributed by atoms with van der Waals surface area (Å²) in [6.07, 6.45) is 4.07. The Morgan fingerprint density at radius 3 is 2.14 bits per heavy atom. The predicted molar refractivity (Wildman–Crippen MR) is 149 cm³/mol. The van der Waals surface area contributed by atoms with Crippen molar-refractivity contribution in [1.82, 2.24) is 14.9 Å². The Morgan fingerprint density at radius 1 is 0.919 bits per heavy atom. The van der Waals surface area contributed by atoms with Crippen molar-refractivity contribution in [2.75, 3.05) is 66.0 Å². The number of nitriles is 1. The van der Waals surface area contributed by atoms with Crippen molar-refractivity contribution in [3.63, 3.8) is 0 Å². The molecule has 4 rings (SSSR count). The lowest BCUT2D eigenvalue weighted by Gasteiger charge is -2.29. The van der Waals surface area contributed by atoms with Crippen LogP contribution < -0.4 is 9.47 Å². The van der Waals surface area contributed by atoms with E-state index in [1.54, 1.807) is 12.1 Å². The number of ether oxygens (including phenoxy) is 3. The van der Waals surface area contributed by atoms with Crippen LogP contribution in [0.4, 0.5) is 0 Å². The summed E-state index contributed by atoms with van der Waals surface area (Å²) in [5, 5.41) is 13.4. The molecule has 0 radical (unpaired) electrons. The second-order valence-corrected chi connectivity index (χ2v) is 10.5. The fourth-order valence-electron chi connectivity index (χ4n) is 4.41. The minimum Gasteiger partial charge on any atom is -0.494 e. The largest absolute Gasteiger partial charge is 0.494 e. The number of thioether (sulfide) groups is 1. The summed E-state index contributed by atoms with van der Waals surface area (Å²) >= 11 is 1.95. The third-order valence-electron chi connectivity index (χ3n) is 6.56. The normalized spacial score (nSPS) is 16.3. The number of rotatable bonds is 13. The number of hydrazine groups is 1. The maximum Gasteiger partial charge on any atom is 0.119 e. The Hall–Kier alpha value is -2.70. The SMILES string of the molecule is CN(C)N1CSC(CCN2CCOCC2)=C1c1ccc(OCCCCCOc2ccc(C#N)cc2)cc1. The summed E-state index contributed by atoms with van der Waals surface area (Å²) in [6.45, 7) is 6.19. The molecule has 0 atom stereocenters. The highest BCUT2D eigenvalue weighted by Gasteiger charge is 2.26. The van der Waals surface area contributed by atoms with E-state index >= 15 is 0 Å². The van der Waals surface area contributed by atoms with Crippen LogP contribution in [-0.4, -0.2) is 81.0 Å². The number of benzene rings is 2.